The molecule has 0 unspecified atom stereocenters. The number of aromatic nitrogens is 1. The summed E-state index contributed by atoms with van der Waals surface area (Å²) in [5.41, 5.74) is -0.394. The predicted molar refractivity (Wildman–Crippen MR) is 89.1 cm³/mol. The van der Waals surface area contributed by atoms with Crippen LogP contribution in [0.2, 0.25) is 5.02 Å². The summed E-state index contributed by atoms with van der Waals surface area (Å²) in [5, 5.41) is 10.7. The molecule has 0 aliphatic rings. The van der Waals surface area contributed by atoms with Crippen LogP contribution in [-0.4, -0.2) is 22.8 Å². The second kappa shape index (κ2) is 6.08. The number of carbonyl (C=O) groups is 1. The molecule has 1 N–H and O–H groups in total. The zero-order valence-electron chi connectivity index (χ0n) is 13.4. The molecule has 1 aromatic carbocycles. The lowest BCUT2D eigenvalue weighted by molar-refractivity contribution is 0.0594. The van der Waals surface area contributed by atoms with Crippen molar-refractivity contribution in [3.63, 3.8) is 0 Å². The Hall–Kier alpha value is -2.27. The van der Waals surface area contributed by atoms with Crippen LogP contribution in [0.4, 0.5) is 0 Å². The Labute approximate surface area is 139 Å². The van der Waals surface area contributed by atoms with Gasteiger partial charge in [-0.2, -0.15) is 0 Å². The second-order valence-corrected chi connectivity index (χ2v) is 6.54. The van der Waals surface area contributed by atoms with Gasteiger partial charge in [0.1, 0.15) is 5.75 Å². The van der Waals surface area contributed by atoms with Gasteiger partial charge in [-0.3, -0.25) is 4.79 Å². The zero-order valence-corrected chi connectivity index (χ0v) is 14.1. The Morgan fingerprint density at radius 3 is 2.26 bits per heavy atom. The first-order valence-corrected chi connectivity index (χ1v) is 7.38. The van der Waals surface area contributed by atoms with E-state index in [1.807, 2.05) is 20.8 Å². The van der Waals surface area contributed by atoms with Crippen LogP contribution in [0.1, 0.15) is 31.1 Å². The van der Waals surface area contributed by atoms with Gasteiger partial charge in [-0.25, -0.2) is 4.79 Å². The molecular weight excluding hydrogens is 318 g/mol. The molecule has 0 bridgehead atoms. The van der Waals surface area contributed by atoms with Crippen LogP contribution in [0.3, 0.4) is 0 Å². The highest BCUT2D eigenvalue weighted by Crippen LogP contribution is 2.29. The van der Waals surface area contributed by atoms with E-state index in [1.165, 1.54) is 10.6 Å². The average molecular weight is 336 g/mol. The fourth-order valence-corrected chi connectivity index (χ4v) is 2.52. The number of benzene rings is 1. The minimum atomic E-state index is -0.867. The molecule has 0 saturated heterocycles. The highest BCUT2D eigenvalue weighted by Gasteiger charge is 2.27. The fraction of sp³-hybridized carbons (Fsp3) is 0.294. The van der Waals surface area contributed by atoms with Crippen molar-refractivity contribution in [3.05, 3.63) is 51.3 Å². The van der Waals surface area contributed by atoms with E-state index in [0.717, 1.165) is 7.11 Å². The summed E-state index contributed by atoms with van der Waals surface area (Å²) in [6, 6.07) is 8.27. The van der Waals surface area contributed by atoms with Crippen molar-refractivity contribution >= 4 is 17.6 Å². The van der Waals surface area contributed by atoms with E-state index < -0.39 is 22.8 Å². The third-order valence-corrected chi connectivity index (χ3v) is 3.64. The molecule has 0 radical (unpaired) electrons. The van der Waals surface area contributed by atoms with Crippen LogP contribution in [0, 0.1) is 0 Å². The van der Waals surface area contributed by atoms with E-state index in [2.05, 4.69) is 4.74 Å². The maximum atomic E-state index is 12.8. The summed E-state index contributed by atoms with van der Waals surface area (Å²) < 4.78 is 6.06. The number of carbonyl (C=O) groups excluding carboxylic acids is 1. The number of rotatable bonds is 2. The molecule has 0 saturated carbocycles. The maximum Gasteiger partial charge on any atom is 0.347 e. The van der Waals surface area contributed by atoms with Gasteiger partial charge in [-0.15, -0.1) is 0 Å². The maximum absolute atomic E-state index is 12.8. The van der Waals surface area contributed by atoms with Crippen molar-refractivity contribution in [2.45, 2.75) is 26.3 Å². The van der Waals surface area contributed by atoms with E-state index in [0.29, 0.717) is 16.3 Å². The summed E-state index contributed by atoms with van der Waals surface area (Å²) in [4.78, 5) is 24.6. The van der Waals surface area contributed by atoms with E-state index in [-0.39, 0.29) is 5.56 Å². The number of pyridine rings is 1. The zero-order chi connectivity index (χ0) is 17.4. The molecule has 1 heterocycles. The summed E-state index contributed by atoms with van der Waals surface area (Å²) in [6.45, 7) is 5.52. The number of methoxy groups -OCH3 is 1. The Bertz CT molecular complexity index is 801. The summed E-state index contributed by atoms with van der Waals surface area (Å²) >= 11 is 5.90. The molecule has 0 aliphatic heterocycles. The van der Waals surface area contributed by atoms with Crippen molar-refractivity contribution in [1.82, 2.24) is 4.57 Å². The third kappa shape index (κ3) is 3.24. The van der Waals surface area contributed by atoms with E-state index in [9.17, 15) is 14.7 Å². The first-order valence-electron chi connectivity index (χ1n) is 7.00. The van der Waals surface area contributed by atoms with Gasteiger partial charge < -0.3 is 14.4 Å². The van der Waals surface area contributed by atoms with Gasteiger partial charge in [0.05, 0.1) is 12.8 Å². The largest absolute Gasteiger partial charge is 0.507 e. The number of hydrogen-bond acceptors (Lipinski definition) is 4. The Morgan fingerprint density at radius 2 is 1.78 bits per heavy atom. The number of nitrogens with zero attached hydrogens (tertiary/aromatic N) is 1. The van der Waals surface area contributed by atoms with Crippen LogP contribution in [0.15, 0.2) is 35.1 Å². The molecule has 6 heteroatoms. The summed E-state index contributed by atoms with van der Waals surface area (Å²) in [6.07, 6.45) is 0. The predicted octanol–water partition coefficient (Wildman–Crippen LogP) is 3.42. The van der Waals surface area contributed by atoms with E-state index >= 15 is 0 Å². The molecule has 23 heavy (non-hydrogen) atoms. The second-order valence-electron chi connectivity index (χ2n) is 6.10. The van der Waals surface area contributed by atoms with Crippen LogP contribution < -0.4 is 5.56 Å². The van der Waals surface area contributed by atoms with Crippen molar-refractivity contribution in [2.75, 3.05) is 7.11 Å². The monoisotopic (exact) mass is 335 g/mol. The Morgan fingerprint density at radius 1 is 1.22 bits per heavy atom. The highest BCUT2D eigenvalue weighted by molar-refractivity contribution is 6.30. The van der Waals surface area contributed by atoms with Gasteiger partial charge in [0.25, 0.3) is 5.56 Å². The number of ether oxygens (including phenoxy) is 1. The summed E-state index contributed by atoms with van der Waals surface area (Å²) in [5.74, 6) is -1.28. The number of hydrogen-bond donors (Lipinski definition) is 1. The van der Waals surface area contributed by atoms with Crippen molar-refractivity contribution in [3.8, 4) is 17.0 Å². The van der Waals surface area contributed by atoms with Crippen molar-refractivity contribution in [2.24, 2.45) is 0 Å². The van der Waals surface area contributed by atoms with Gasteiger partial charge in [-0.1, -0.05) is 23.7 Å². The first kappa shape index (κ1) is 17.1. The fourth-order valence-electron chi connectivity index (χ4n) is 2.39. The summed E-state index contributed by atoms with van der Waals surface area (Å²) in [7, 11) is 1.16. The lowest BCUT2D eigenvalue weighted by Gasteiger charge is -2.27. The molecule has 2 aromatic rings. The molecule has 1 aromatic heterocycles. The van der Waals surface area contributed by atoms with E-state index in [1.54, 1.807) is 24.3 Å². The molecule has 0 fully saturated rings. The molecular formula is C17H18ClNO4. The highest BCUT2D eigenvalue weighted by atomic mass is 35.5. The Kier molecular flexibility index (Phi) is 4.52. The lowest BCUT2D eigenvalue weighted by atomic mass is 10.0. The molecule has 5 nitrogen and oxygen atoms in total. The van der Waals surface area contributed by atoms with Crippen LogP contribution in [-0.2, 0) is 10.3 Å². The van der Waals surface area contributed by atoms with Gasteiger partial charge in [0, 0.05) is 16.6 Å². The smallest absolute Gasteiger partial charge is 0.347 e. The van der Waals surface area contributed by atoms with Crippen LogP contribution >= 0.6 is 11.6 Å². The van der Waals surface area contributed by atoms with Crippen LogP contribution in [0.5, 0.6) is 5.75 Å². The third-order valence-electron chi connectivity index (χ3n) is 3.39. The molecule has 0 atom stereocenters. The van der Waals surface area contributed by atoms with Gasteiger partial charge in [0.15, 0.2) is 5.56 Å². The molecule has 122 valence electrons. The topological polar surface area (TPSA) is 68.5 Å². The Balaban J connectivity index is 2.85. The van der Waals surface area contributed by atoms with Gasteiger partial charge >= 0.3 is 5.97 Å². The number of esters is 1. The first-order chi connectivity index (χ1) is 10.7. The van der Waals surface area contributed by atoms with Crippen molar-refractivity contribution < 1.29 is 14.6 Å². The van der Waals surface area contributed by atoms with Gasteiger partial charge in [0.2, 0.25) is 0 Å². The molecule has 2 rings (SSSR count). The molecule has 0 aliphatic carbocycles. The van der Waals surface area contributed by atoms with Crippen LogP contribution in [0.25, 0.3) is 11.3 Å². The lowest BCUT2D eigenvalue weighted by Crippen LogP contribution is -2.38. The average Bonchev–Trinajstić information content (AvgIpc) is 2.45. The van der Waals surface area contributed by atoms with Gasteiger partial charge in [-0.05, 0) is 38.5 Å². The number of aromatic hydroxyl groups is 1. The van der Waals surface area contributed by atoms with Crippen molar-refractivity contribution in [1.29, 1.82) is 0 Å². The standard InChI is InChI=1S/C17H18ClNO4/c1-17(2,3)19-12(10-5-7-11(18)8-6-10)9-13(20)14(15(19)21)16(22)23-4/h5-9,20H,1-4H3. The quantitative estimate of drug-likeness (QED) is 0.854. The molecule has 0 amide bonds. The minimum Gasteiger partial charge on any atom is -0.507 e. The SMILES string of the molecule is COC(=O)c1c(O)cc(-c2ccc(Cl)cc2)n(C(C)(C)C)c1=O. The number of halogens is 1. The van der Waals surface area contributed by atoms with E-state index in [4.69, 9.17) is 11.6 Å². The minimum absolute atomic E-state index is 0.375. The molecule has 0 spiro atoms. The normalized spacial score (nSPS) is 11.3.